The highest BCUT2D eigenvalue weighted by atomic mass is 19.3. The number of nitrogens with zero attached hydrogens (tertiary/aromatic N) is 2. The standard InChI is InChI=1S/C32H40F4N2O5/c1-41-25-8-9-26(21-11-14-38(15-12-21)19-32(35,36)31(33)34)28(17-25)42-23-4-6-24(7-5-23)43-29-16-22(10-13-37-29)27(18-30(39)40)20-2-3-20/h8-10,13,16-17,20-21,23-24,27,31H,2-7,11-12,14-15,18-19H2,1H3,(H,39,40)/t23-,24-,27?. The average molecular weight is 609 g/mol. The lowest BCUT2D eigenvalue weighted by atomic mass is 9.88. The fourth-order valence-corrected chi connectivity index (χ4v) is 6.43. The molecule has 43 heavy (non-hydrogen) atoms. The first-order chi connectivity index (χ1) is 20.6. The third-order valence-corrected chi connectivity index (χ3v) is 8.98. The molecule has 0 bridgehead atoms. The summed E-state index contributed by atoms with van der Waals surface area (Å²) in [5.74, 6) is -2.47. The maximum atomic E-state index is 13.6. The number of halogens is 4. The van der Waals surface area contributed by atoms with Crippen LogP contribution in [-0.2, 0) is 4.79 Å². The SMILES string of the molecule is COc1ccc(C2CCN(CC(F)(F)C(F)F)CC2)c(O[C@H]2CC[C@H](Oc3cc(C(CC(=O)O)C4CC4)ccn3)CC2)c1. The minimum Gasteiger partial charge on any atom is -0.497 e. The van der Waals surface area contributed by atoms with Crippen molar-refractivity contribution >= 4 is 5.97 Å². The molecule has 1 atom stereocenters. The van der Waals surface area contributed by atoms with E-state index in [-0.39, 0.29) is 30.5 Å². The molecule has 3 fully saturated rings. The van der Waals surface area contributed by atoms with Gasteiger partial charge in [0, 0.05) is 18.3 Å². The van der Waals surface area contributed by atoms with Gasteiger partial charge in [-0.1, -0.05) is 6.07 Å². The van der Waals surface area contributed by atoms with E-state index < -0.39 is 24.9 Å². The number of hydrogen-bond acceptors (Lipinski definition) is 6. The summed E-state index contributed by atoms with van der Waals surface area (Å²) < 4.78 is 70.6. The third-order valence-electron chi connectivity index (χ3n) is 8.98. The minimum atomic E-state index is -4.01. The van der Waals surface area contributed by atoms with Crippen LogP contribution in [0.1, 0.15) is 80.8 Å². The van der Waals surface area contributed by atoms with E-state index in [2.05, 4.69) is 4.98 Å². The van der Waals surface area contributed by atoms with E-state index in [1.165, 1.54) is 4.90 Å². The molecule has 2 heterocycles. The summed E-state index contributed by atoms with van der Waals surface area (Å²) in [6.45, 7) is -0.306. The van der Waals surface area contributed by atoms with Crippen LogP contribution in [0.2, 0.25) is 0 Å². The van der Waals surface area contributed by atoms with Gasteiger partial charge in [-0.05, 0) is 105 Å². The molecule has 1 unspecified atom stereocenters. The van der Waals surface area contributed by atoms with Crippen molar-refractivity contribution in [3.05, 3.63) is 47.7 Å². The molecule has 1 aromatic heterocycles. The Morgan fingerprint density at radius 2 is 1.67 bits per heavy atom. The number of carboxylic acids is 1. The second kappa shape index (κ2) is 13.7. The van der Waals surface area contributed by atoms with Crippen molar-refractivity contribution in [2.24, 2.45) is 5.92 Å². The predicted molar refractivity (Wildman–Crippen MR) is 152 cm³/mol. The highest BCUT2D eigenvalue weighted by Crippen LogP contribution is 2.45. The van der Waals surface area contributed by atoms with Gasteiger partial charge < -0.3 is 19.3 Å². The number of aliphatic carboxylic acids is 1. The van der Waals surface area contributed by atoms with E-state index >= 15 is 0 Å². The number of alkyl halides is 4. The Bertz CT molecular complexity index is 1230. The summed E-state index contributed by atoms with van der Waals surface area (Å²) in [5.41, 5.74) is 1.94. The van der Waals surface area contributed by atoms with Gasteiger partial charge in [0.25, 0.3) is 0 Å². The number of rotatable bonds is 13. The molecule has 3 aliphatic rings. The largest absolute Gasteiger partial charge is 0.497 e. The first-order valence-electron chi connectivity index (χ1n) is 15.2. The summed E-state index contributed by atoms with van der Waals surface area (Å²) >= 11 is 0. The molecule has 236 valence electrons. The molecule has 0 spiro atoms. The average Bonchev–Trinajstić information content (AvgIpc) is 3.83. The zero-order valence-electron chi connectivity index (χ0n) is 24.4. The van der Waals surface area contributed by atoms with Crippen LogP contribution in [0.5, 0.6) is 17.4 Å². The van der Waals surface area contributed by atoms with Crippen LogP contribution in [-0.4, -0.2) is 72.3 Å². The van der Waals surface area contributed by atoms with E-state index in [1.54, 1.807) is 13.3 Å². The fourth-order valence-electron chi connectivity index (χ4n) is 6.43. The Balaban J connectivity index is 1.16. The summed E-state index contributed by atoms with van der Waals surface area (Å²) in [4.78, 5) is 17.2. The van der Waals surface area contributed by atoms with Crippen molar-refractivity contribution in [3.63, 3.8) is 0 Å². The number of piperidine rings is 1. The second-order valence-electron chi connectivity index (χ2n) is 12.1. The molecule has 2 aromatic rings. The van der Waals surface area contributed by atoms with Crippen LogP contribution < -0.4 is 14.2 Å². The molecule has 1 saturated heterocycles. The van der Waals surface area contributed by atoms with Gasteiger partial charge in [0.2, 0.25) is 5.88 Å². The van der Waals surface area contributed by atoms with Crippen LogP contribution in [0.25, 0.3) is 0 Å². The lowest BCUT2D eigenvalue weighted by molar-refractivity contribution is -0.143. The number of likely N-dealkylation sites (tertiary alicyclic amines) is 1. The monoisotopic (exact) mass is 608 g/mol. The van der Waals surface area contributed by atoms with Crippen molar-refractivity contribution in [1.82, 2.24) is 9.88 Å². The predicted octanol–water partition coefficient (Wildman–Crippen LogP) is 6.91. The molecule has 1 aromatic carbocycles. The Morgan fingerprint density at radius 3 is 2.28 bits per heavy atom. The first-order valence-corrected chi connectivity index (χ1v) is 15.2. The molecule has 11 heteroatoms. The summed E-state index contributed by atoms with van der Waals surface area (Å²) in [7, 11) is 1.58. The second-order valence-corrected chi connectivity index (χ2v) is 12.1. The Morgan fingerprint density at radius 1 is 1.00 bits per heavy atom. The van der Waals surface area contributed by atoms with Crippen molar-refractivity contribution in [2.45, 2.75) is 94.2 Å². The Hall–Kier alpha value is -3.08. The van der Waals surface area contributed by atoms with Gasteiger partial charge in [-0.15, -0.1) is 0 Å². The van der Waals surface area contributed by atoms with E-state index in [1.807, 2.05) is 30.3 Å². The van der Waals surface area contributed by atoms with Gasteiger partial charge in [0.05, 0.1) is 26.2 Å². The quantitative estimate of drug-likeness (QED) is 0.248. The molecule has 5 rings (SSSR count). The number of aromatic nitrogens is 1. The highest BCUT2D eigenvalue weighted by Gasteiger charge is 2.43. The van der Waals surface area contributed by atoms with Crippen LogP contribution in [0.4, 0.5) is 17.6 Å². The molecule has 2 aliphatic carbocycles. The van der Waals surface area contributed by atoms with Gasteiger partial charge in [0.1, 0.15) is 17.6 Å². The highest BCUT2D eigenvalue weighted by molar-refractivity contribution is 5.68. The normalized spacial score (nSPS) is 22.7. The van der Waals surface area contributed by atoms with Gasteiger partial charge in [0.15, 0.2) is 0 Å². The summed E-state index contributed by atoms with van der Waals surface area (Å²) in [5, 5.41) is 9.35. The number of hydrogen-bond donors (Lipinski definition) is 1. The smallest absolute Gasteiger partial charge is 0.319 e. The van der Waals surface area contributed by atoms with Gasteiger partial charge >= 0.3 is 18.3 Å². The minimum absolute atomic E-state index is 0.0186. The first kappa shape index (κ1) is 31.3. The van der Waals surface area contributed by atoms with E-state index in [4.69, 9.17) is 14.2 Å². The molecule has 1 aliphatic heterocycles. The number of carbonyl (C=O) groups is 1. The van der Waals surface area contributed by atoms with E-state index in [0.717, 1.165) is 49.7 Å². The zero-order valence-corrected chi connectivity index (χ0v) is 24.4. The van der Waals surface area contributed by atoms with E-state index in [0.29, 0.717) is 49.2 Å². The maximum Gasteiger partial charge on any atom is 0.319 e. The molecule has 7 nitrogen and oxygen atoms in total. The molecule has 1 N–H and O–H groups in total. The molecule has 2 saturated carbocycles. The molecular weight excluding hydrogens is 568 g/mol. The number of carboxylic acid groups (broad SMARTS) is 1. The molecule has 0 amide bonds. The number of ether oxygens (including phenoxy) is 3. The van der Waals surface area contributed by atoms with Gasteiger partial charge in [-0.2, -0.15) is 8.78 Å². The Labute approximate surface area is 249 Å². The molecular formula is C32H40F4N2O5. The number of pyridine rings is 1. The van der Waals surface area contributed by atoms with Crippen molar-refractivity contribution < 1.29 is 41.7 Å². The number of benzene rings is 1. The Kier molecular flexibility index (Phi) is 9.99. The van der Waals surface area contributed by atoms with Gasteiger partial charge in [-0.3, -0.25) is 9.69 Å². The maximum absolute atomic E-state index is 13.6. The third kappa shape index (κ3) is 8.31. The lowest BCUT2D eigenvalue weighted by Crippen LogP contribution is -2.44. The van der Waals surface area contributed by atoms with Crippen LogP contribution >= 0.6 is 0 Å². The van der Waals surface area contributed by atoms with E-state index in [9.17, 15) is 27.5 Å². The number of methoxy groups -OCH3 is 1. The summed E-state index contributed by atoms with van der Waals surface area (Å²) in [6.07, 6.45) is 4.39. The van der Waals surface area contributed by atoms with Crippen LogP contribution in [0, 0.1) is 5.92 Å². The van der Waals surface area contributed by atoms with Crippen molar-refractivity contribution in [3.8, 4) is 17.4 Å². The van der Waals surface area contributed by atoms with Crippen LogP contribution in [0.3, 0.4) is 0 Å². The lowest BCUT2D eigenvalue weighted by Gasteiger charge is -2.35. The van der Waals surface area contributed by atoms with Crippen molar-refractivity contribution in [1.29, 1.82) is 0 Å². The topological polar surface area (TPSA) is 81.1 Å². The fraction of sp³-hybridized carbons (Fsp3) is 0.625. The molecule has 0 radical (unpaired) electrons. The van der Waals surface area contributed by atoms with Crippen LogP contribution in [0.15, 0.2) is 36.5 Å². The zero-order chi connectivity index (χ0) is 30.6. The summed E-state index contributed by atoms with van der Waals surface area (Å²) in [6, 6.07) is 9.44. The van der Waals surface area contributed by atoms with Crippen molar-refractivity contribution in [2.75, 3.05) is 26.7 Å². The van der Waals surface area contributed by atoms with Gasteiger partial charge in [-0.25, -0.2) is 13.8 Å².